The molecule has 1 aromatic heterocycles. The van der Waals surface area contributed by atoms with E-state index in [9.17, 15) is 0 Å². The third kappa shape index (κ3) is 9.06. The molecule has 0 N–H and O–H groups in total. The van der Waals surface area contributed by atoms with Gasteiger partial charge >= 0.3 is 0 Å². The van der Waals surface area contributed by atoms with Gasteiger partial charge in [-0.05, 0) is 165 Å². The van der Waals surface area contributed by atoms with Crippen molar-refractivity contribution in [1.82, 2.24) is 0 Å². The zero-order valence-electron chi connectivity index (χ0n) is 48.1. The van der Waals surface area contributed by atoms with E-state index in [0.29, 0.717) is 0 Å². The first-order valence-corrected chi connectivity index (χ1v) is 28.7. The minimum absolute atomic E-state index is 0.0176. The highest BCUT2D eigenvalue weighted by atomic mass is 32.1. The molecule has 0 aliphatic carbocycles. The summed E-state index contributed by atoms with van der Waals surface area (Å²) >= 11 is 1.88. The van der Waals surface area contributed by atoms with E-state index >= 15 is 0 Å². The number of rotatable bonds is 7. The van der Waals surface area contributed by atoms with E-state index in [0.717, 1.165) is 57.0 Å². The van der Waals surface area contributed by atoms with Crippen molar-refractivity contribution in [3.8, 4) is 11.5 Å². The van der Waals surface area contributed by atoms with Crippen LogP contribution in [0.3, 0.4) is 0 Å². The molecule has 0 saturated heterocycles. The second-order valence-electron chi connectivity index (χ2n) is 26.1. The van der Waals surface area contributed by atoms with E-state index in [4.69, 9.17) is 4.74 Å². The minimum atomic E-state index is -0.191. The number of hydrogen-bond donors (Lipinski definition) is 0. The number of hydrogen-bond acceptors (Lipinski definition) is 5. The van der Waals surface area contributed by atoms with E-state index in [1.54, 1.807) is 0 Å². The highest BCUT2D eigenvalue weighted by Gasteiger charge is 2.44. The van der Waals surface area contributed by atoms with Crippen LogP contribution in [0.1, 0.15) is 116 Å². The molecule has 4 nitrogen and oxygen atoms in total. The summed E-state index contributed by atoms with van der Waals surface area (Å²) in [5.74, 6) is 1.79. The quantitative estimate of drug-likeness (QED) is 0.148. The van der Waals surface area contributed by atoms with Crippen molar-refractivity contribution in [3.63, 3.8) is 0 Å². The second kappa shape index (κ2) is 18.6. The Morgan fingerprint density at radius 2 is 0.885 bits per heavy atom. The number of thiophene rings is 1. The van der Waals surface area contributed by atoms with Crippen LogP contribution >= 0.6 is 11.3 Å². The number of anilines is 9. The SMILES string of the molecule is Cc1ccc(N(c2ccc(C)cc2)c2ccc3c(c2)Oc2cc(C(C)(C)C)cc4c2B3c2cc(C(C)(C)C)ccc2N4c2cc(N(c3ccc(C(C)(C)C)cc3)c3ccc(C(C)(C)C)cc3)cc3sc4ccccc4c23)cc1. The summed E-state index contributed by atoms with van der Waals surface area (Å²) in [5.41, 5.74) is 21.0. The van der Waals surface area contributed by atoms with Crippen molar-refractivity contribution >= 4 is 106 Å². The second-order valence-corrected chi connectivity index (χ2v) is 27.2. The van der Waals surface area contributed by atoms with Crippen LogP contribution < -0.4 is 35.8 Å². The Labute approximate surface area is 468 Å². The van der Waals surface area contributed by atoms with Gasteiger partial charge in [0.2, 0.25) is 0 Å². The Bertz CT molecular complexity index is 3830. The standard InChI is InChI=1S/C72H72BN3OS/c1-45-19-28-51(29-20-45)74(52-30-21-46(2)22-31-52)55-36-37-58-63(43-55)77-64-41-50(72(12,13)14)40-62-68(64)73(58)59-39-49(71(9,10)11)27-38-60(59)76(62)61-42-56(44-66-67(61)57-17-15-16-18-65(57)78-66)75(53-32-23-47(24-33-53)69(3,4)5)54-34-25-48(26-35-54)70(6,7)8/h15-44H,1-14H3. The third-order valence-corrected chi connectivity index (χ3v) is 17.4. The molecule has 0 bridgehead atoms. The van der Waals surface area contributed by atoms with Crippen molar-refractivity contribution < 1.29 is 4.74 Å². The molecule has 10 aromatic rings. The maximum absolute atomic E-state index is 7.49. The molecule has 0 spiro atoms. The molecule has 0 radical (unpaired) electrons. The lowest BCUT2D eigenvalue weighted by molar-refractivity contribution is 0.483. The fourth-order valence-corrected chi connectivity index (χ4v) is 12.8. The highest BCUT2D eigenvalue weighted by molar-refractivity contribution is 7.26. The van der Waals surface area contributed by atoms with Gasteiger partial charge in [-0.25, -0.2) is 0 Å². The average molecular weight is 1040 g/mol. The topological polar surface area (TPSA) is 19.0 Å². The fourth-order valence-electron chi connectivity index (χ4n) is 11.7. The maximum Gasteiger partial charge on any atom is 0.256 e. The first kappa shape index (κ1) is 51.2. The lowest BCUT2D eigenvalue weighted by Crippen LogP contribution is -2.59. The van der Waals surface area contributed by atoms with Crippen LogP contribution in [0, 0.1) is 13.8 Å². The van der Waals surface area contributed by atoms with Gasteiger partial charge in [-0.15, -0.1) is 11.3 Å². The molecule has 3 heterocycles. The zero-order chi connectivity index (χ0) is 54.8. The number of nitrogens with zero attached hydrogens (tertiary/aromatic N) is 3. The van der Waals surface area contributed by atoms with Gasteiger partial charge < -0.3 is 19.4 Å². The first-order chi connectivity index (χ1) is 37.0. The van der Waals surface area contributed by atoms with Crippen LogP contribution in [0.15, 0.2) is 182 Å². The van der Waals surface area contributed by atoms with Crippen molar-refractivity contribution in [2.45, 2.75) is 119 Å². The van der Waals surface area contributed by atoms with Crippen molar-refractivity contribution in [3.05, 3.63) is 215 Å². The summed E-state index contributed by atoms with van der Waals surface area (Å²) in [6.07, 6.45) is 0. The van der Waals surface area contributed by atoms with E-state index in [-0.39, 0.29) is 28.4 Å². The molecule has 0 unspecified atom stereocenters. The molecule has 78 heavy (non-hydrogen) atoms. The summed E-state index contributed by atoms with van der Waals surface area (Å²) in [6, 6.07) is 69.1. The highest BCUT2D eigenvalue weighted by Crippen LogP contribution is 2.52. The molecular weight excluding hydrogens is 966 g/mol. The van der Waals surface area contributed by atoms with Crippen LogP contribution in [0.5, 0.6) is 11.5 Å². The summed E-state index contributed by atoms with van der Waals surface area (Å²) in [4.78, 5) is 7.44. The minimum Gasteiger partial charge on any atom is -0.458 e. The average Bonchev–Trinajstić information content (AvgIpc) is 3.49. The fraction of sp³-hybridized carbons (Fsp3) is 0.250. The van der Waals surface area contributed by atoms with Gasteiger partial charge in [-0.1, -0.05) is 179 Å². The molecule has 0 atom stereocenters. The van der Waals surface area contributed by atoms with Crippen molar-refractivity contribution in [1.29, 1.82) is 0 Å². The van der Waals surface area contributed by atoms with Gasteiger partial charge in [0, 0.05) is 71.7 Å². The van der Waals surface area contributed by atoms with Crippen LogP contribution in [0.2, 0.25) is 0 Å². The number of benzene rings is 9. The Hall–Kier alpha value is -7.54. The molecular formula is C72H72BN3OS. The van der Waals surface area contributed by atoms with Crippen LogP contribution in [-0.4, -0.2) is 6.71 Å². The third-order valence-electron chi connectivity index (χ3n) is 16.3. The van der Waals surface area contributed by atoms with Crippen LogP contribution in [-0.2, 0) is 21.7 Å². The zero-order valence-corrected chi connectivity index (χ0v) is 48.9. The molecule has 6 heteroatoms. The van der Waals surface area contributed by atoms with E-state index in [1.165, 1.54) is 75.6 Å². The normalized spacial score (nSPS) is 13.3. The molecule has 390 valence electrons. The van der Waals surface area contributed by atoms with E-state index < -0.39 is 0 Å². The van der Waals surface area contributed by atoms with Crippen molar-refractivity contribution in [2.75, 3.05) is 14.7 Å². The van der Waals surface area contributed by atoms with Gasteiger partial charge in [0.1, 0.15) is 11.5 Å². The molecule has 2 aliphatic rings. The Balaban J connectivity index is 1.13. The summed E-state index contributed by atoms with van der Waals surface area (Å²) in [5, 5.41) is 2.50. The molecule has 0 fully saturated rings. The molecule has 12 rings (SSSR count). The van der Waals surface area contributed by atoms with E-state index in [2.05, 4.69) is 294 Å². The molecule has 0 amide bonds. The number of ether oxygens (including phenoxy) is 1. The Morgan fingerprint density at radius 1 is 0.385 bits per heavy atom. The lowest BCUT2D eigenvalue weighted by Gasteiger charge is -2.42. The summed E-state index contributed by atoms with van der Waals surface area (Å²) in [7, 11) is 0. The van der Waals surface area contributed by atoms with Crippen LogP contribution in [0.25, 0.3) is 20.2 Å². The van der Waals surface area contributed by atoms with Gasteiger partial charge in [0.15, 0.2) is 0 Å². The van der Waals surface area contributed by atoms with E-state index in [1.807, 2.05) is 11.3 Å². The summed E-state index contributed by atoms with van der Waals surface area (Å²) < 4.78 is 9.99. The Morgan fingerprint density at radius 3 is 1.44 bits per heavy atom. The van der Waals surface area contributed by atoms with Gasteiger partial charge in [-0.2, -0.15) is 0 Å². The number of fused-ring (bicyclic) bond motifs is 7. The van der Waals surface area contributed by atoms with Gasteiger partial charge in [0.05, 0.1) is 5.69 Å². The van der Waals surface area contributed by atoms with Crippen LogP contribution in [0.4, 0.5) is 51.2 Å². The predicted molar refractivity (Wildman–Crippen MR) is 339 cm³/mol. The van der Waals surface area contributed by atoms with Crippen molar-refractivity contribution in [2.24, 2.45) is 0 Å². The summed E-state index contributed by atoms with van der Waals surface area (Å²) in [6.45, 7) is 31.9. The lowest BCUT2D eigenvalue weighted by atomic mass is 9.34. The van der Waals surface area contributed by atoms with Gasteiger partial charge in [-0.3, -0.25) is 0 Å². The molecule has 9 aromatic carbocycles. The number of aryl methyl sites for hydroxylation is 2. The molecule has 2 aliphatic heterocycles. The monoisotopic (exact) mass is 1040 g/mol. The Kier molecular flexibility index (Phi) is 12.2. The smallest absolute Gasteiger partial charge is 0.256 e. The first-order valence-electron chi connectivity index (χ1n) is 27.8. The van der Waals surface area contributed by atoms with Gasteiger partial charge in [0.25, 0.3) is 6.71 Å². The maximum atomic E-state index is 7.49. The largest absolute Gasteiger partial charge is 0.458 e. The molecule has 0 saturated carbocycles. The predicted octanol–water partition coefficient (Wildman–Crippen LogP) is 19.2.